The molecule has 2 atom stereocenters. The Kier molecular flexibility index (Phi) is 4.35. The lowest BCUT2D eigenvalue weighted by atomic mass is 10.2. The summed E-state index contributed by atoms with van der Waals surface area (Å²) in [4.78, 5) is 12.8. The average molecular weight is 200 g/mol. The fourth-order valence-electron chi connectivity index (χ4n) is 1.68. The van der Waals surface area contributed by atoms with Gasteiger partial charge in [-0.25, -0.2) is 0 Å². The first-order valence-electron chi connectivity index (χ1n) is 5.18. The van der Waals surface area contributed by atoms with Crippen LogP contribution in [0.4, 0.5) is 0 Å². The molecular weight excluding hydrogens is 180 g/mol. The fraction of sp³-hybridized carbons (Fsp3) is 0.900. The first-order chi connectivity index (χ1) is 6.61. The zero-order chi connectivity index (χ0) is 10.6. The molecule has 1 amide bonds. The third-order valence-corrected chi connectivity index (χ3v) is 2.65. The molecule has 14 heavy (non-hydrogen) atoms. The van der Waals surface area contributed by atoms with E-state index in [1.165, 1.54) is 0 Å². The maximum absolute atomic E-state index is 11.2. The quantitative estimate of drug-likeness (QED) is 0.713. The van der Waals surface area contributed by atoms with E-state index in [0.717, 1.165) is 19.3 Å². The van der Waals surface area contributed by atoms with Crippen LogP contribution in [0.1, 0.15) is 25.7 Å². The lowest BCUT2D eigenvalue weighted by molar-refractivity contribution is -0.130. The molecule has 4 heteroatoms. The number of nitrogens with zero attached hydrogens (tertiary/aromatic N) is 1. The highest BCUT2D eigenvalue weighted by Crippen LogP contribution is 2.20. The van der Waals surface area contributed by atoms with Crippen molar-refractivity contribution in [3.8, 4) is 0 Å². The maximum Gasteiger partial charge on any atom is 0.224 e. The second kappa shape index (κ2) is 5.32. The Morgan fingerprint density at radius 2 is 2.21 bits per heavy atom. The van der Waals surface area contributed by atoms with Gasteiger partial charge in [-0.1, -0.05) is 0 Å². The first kappa shape index (κ1) is 11.5. The summed E-state index contributed by atoms with van der Waals surface area (Å²) < 4.78 is 5.56. The van der Waals surface area contributed by atoms with Crippen molar-refractivity contribution in [2.45, 2.75) is 37.8 Å². The Bertz CT molecular complexity index is 195. The Hall–Kier alpha value is -0.610. The molecule has 2 N–H and O–H groups in total. The Labute approximate surface area is 85.4 Å². The molecule has 0 spiro atoms. The highest BCUT2D eigenvalue weighted by molar-refractivity contribution is 5.75. The molecule has 1 aliphatic carbocycles. The zero-order valence-corrected chi connectivity index (χ0v) is 9.03. The number of hydrogen-bond acceptors (Lipinski definition) is 3. The van der Waals surface area contributed by atoms with Crippen LogP contribution in [-0.4, -0.2) is 43.7 Å². The van der Waals surface area contributed by atoms with Gasteiger partial charge in [-0.15, -0.1) is 0 Å². The number of nitrogens with two attached hydrogens (primary N) is 1. The molecule has 1 saturated carbocycles. The van der Waals surface area contributed by atoms with Crippen LogP contribution < -0.4 is 5.73 Å². The van der Waals surface area contributed by atoms with Crippen LogP contribution in [0.2, 0.25) is 0 Å². The molecule has 0 bridgehead atoms. The van der Waals surface area contributed by atoms with Gasteiger partial charge in [0.15, 0.2) is 0 Å². The highest BCUT2D eigenvalue weighted by Gasteiger charge is 2.24. The summed E-state index contributed by atoms with van der Waals surface area (Å²) in [6.07, 6.45) is 3.86. The van der Waals surface area contributed by atoms with Gasteiger partial charge in [-0.2, -0.15) is 0 Å². The minimum Gasteiger partial charge on any atom is -0.376 e. The maximum atomic E-state index is 11.2. The van der Waals surface area contributed by atoms with Crippen molar-refractivity contribution in [3.05, 3.63) is 0 Å². The van der Waals surface area contributed by atoms with E-state index in [1.807, 2.05) is 0 Å². The number of amides is 1. The van der Waals surface area contributed by atoms with Crippen molar-refractivity contribution in [1.29, 1.82) is 0 Å². The van der Waals surface area contributed by atoms with Crippen molar-refractivity contribution in [2.24, 2.45) is 5.73 Å². The summed E-state index contributed by atoms with van der Waals surface area (Å²) >= 11 is 0. The molecule has 2 unspecified atom stereocenters. The summed E-state index contributed by atoms with van der Waals surface area (Å²) in [5, 5.41) is 0. The van der Waals surface area contributed by atoms with E-state index >= 15 is 0 Å². The number of rotatable bonds is 4. The van der Waals surface area contributed by atoms with E-state index in [2.05, 4.69) is 0 Å². The van der Waals surface area contributed by atoms with Gasteiger partial charge in [0.2, 0.25) is 5.91 Å². The van der Waals surface area contributed by atoms with Gasteiger partial charge < -0.3 is 15.4 Å². The third-order valence-electron chi connectivity index (χ3n) is 2.65. The second-order valence-electron chi connectivity index (χ2n) is 4.04. The van der Waals surface area contributed by atoms with Crippen LogP contribution in [-0.2, 0) is 9.53 Å². The van der Waals surface area contributed by atoms with Crippen molar-refractivity contribution < 1.29 is 9.53 Å². The molecule has 0 saturated heterocycles. The van der Waals surface area contributed by atoms with Gasteiger partial charge >= 0.3 is 0 Å². The van der Waals surface area contributed by atoms with Crippen LogP contribution in [0.3, 0.4) is 0 Å². The van der Waals surface area contributed by atoms with Gasteiger partial charge in [0, 0.05) is 20.1 Å². The lowest BCUT2D eigenvalue weighted by Crippen LogP contribution is -2.32. The standard InChI is InChI=1S/C10H20N2O2/c1-12(2)10(13)6-7-14-9-5-3-4-8(9)11/h8-9H,3-7,11H2,1-2H3. The van der Waals surface area contributed by atoms with Crippen molar-refractivity contribution in [1.82, 2.24) is 4.90 Å². The molecule has 0 heterocycles. The van der Waals surface area contributed by atoms with Crippen molar-refractivity contribution >= 4 is 5.91 Å². The van der Waals surface area contributed by atoms with Crippen LogP contribution in [0.5, 0.6) is 0 Å². The summed E-state index contributed by atoms with van der Waals surface area (Å²) in [6, 6.07) is 0.171. The van der Waals surface area contributed by atoms with Crippen molar-refractivity contribution in [3.63, 3.8) is 0 Å². The minimum atomic E-state index is 0.108. The normalized spacial score (nSPS) is 26.5. The van der Waals surface area contributed by atoms with Gasteiger partial charge in [0.05, 0.1) is 19.1 Å². The predicted molar refractivity (Wildman–Crippen MR) is 54.9 cm³/mol. The molecule has 0 aliphatic heterocycles. The molecular formula is C10H20N2O2. The third kappa shape index (κ3) is 3.27. The Morgan fingerprint density at radius 1 is 1.50 bits per heavy atom. The lowest BCUT2D eigenvalue weighted by Gasteiger charge is -2.17. The molecule has 0 aromatic heterocycles. The van der Waals surface area contributed by atoms with Crippen LogP contribution >= 0.6 is 0 Å². The van der Waals surface area contributed by atoms with Crippen molar-refractivity contribution in [2.75, 3.05) is 20.7 Å². The summed E-state index contributed by atoms with van der Waals surface area (Å²) in [6.45, 7) is 0.495. The van der Waals surface area contributed by atoms with E-state index in [9.17, 15) is 4.79 Å². The molecule has 0 aromatic carbocycles. The number of carbonyl (C=O) groups excluding carboxylic acids is 1. The molecule has 1 fully saturated rings. The largest absolute Gasteiger partial charge is 0.376 e. The van der Waals surface area contributed by atoms with E-state index in [0.29, 0.717) is 13.0 Å². The fourth-order valence-corrected chi connectivity index (χ4v) is 1.68. The molecule has 1 rings (SSSR count). The highest BCUT2D eigenvalue weighted by atomic mass is 16.5. The smallest absolute Gasteiger partial charge is 0.224 e. The van der Waals surface area contributed by atoms with E-state index in [1.54, 1.807) is 19.0 Å². The monoisotopic (exact) mass is 200 g/mol. The van der Waals surface area contributed by atoms with Gasteiger partial charge in [-0.3, -0.25) is 4.79 Å². The SMILES string of the molecule is CN(C)C(=O)CCOC1CCCC1N. The van der Waals surface area contributed by atoms with Gasteiger partial charge in [0.1, 0.15) is 0 Å². The number of ether oxygens (including phenoxy) is 1. The topological polar surface area (TPSA) is 55.6 Å². The van der Waals surface area contributed by atoms with E-state index < -0.39 is 0 Å². The zero-order valence-electron chi connectivity index (χ0n) is 9.03. The molecule has 82 valence electrons. The van der Waals surface area contributed by atoms with Crippen LogP contribution in [0, 0.1) is 0 Å². The first-order valence-corrected chi connectivity index (χ1v) is 5.18. The molecule has 0 radical (unpaired) electrons. The second-order valence-corrected chi connectivity index (χ2v) is 4.04. The van der Waals surface area contributed by atoms with E-state index in [-0.39, 0.29) is 18.1 Å². The Balaban J connectivity index is 2.12. The molecule has 4 nitrogen and oxygen atoms in total. The van der Waals surface area contributed by atoms with Gasteiger partial charge in [-0.05, 0) is 19.3 Å². The van der Waals surface area contributed by atoms with Gasteiger partial charge in [0.25, 0.3) is 0 Å². The number of hydrogen-bond donors (Lipinski definition) is 1. The Morgan fingerprint density at radius 3 is 2.71 bits per heavy atom. The molecule has 1 aliphatic rings. The summed E-state index contributed by atoms with van der Waals surface area (Å²) in [5.41, 5.74) is 5.84. The van der Waals surface area contributed by atoms with Crippen LogP contribution in [0.15, 0.2) is 0 Å². The minimum absolute atomic E-state index is 0.108. The summed E-state index contributed by atoms with van der Waals surface area (Å²) in [5.74, 6) is 0.108. The molecule has 0 aromatic rings. The van der Waals surface area contributed by atoms with Crippen LogP contribution in [0.25, 0.3) is 0 Å². The summed E-state index contributed by atoms with van der Waals surface area (Å²) in [7, 11) is 3.51. The van der Waals surface area contributed by atoms with E-state index in [4.69, 9.17) is 10.5 Å². The predicted octanol–water partition coefficient (Wildman–Crippen LogP) is 0.361. The number of carbonyl (C=O) groups is 1. The average Bonchev–Trinajstić information content (AvgIpc) is 2.51.